The average molecular weight is 489 g/mol. The van der Waals surface area contributed by atoms with Crippen LogP contribution in [-0.2, 0) is 22.5 Å². The standard InChI is InChI=1S/C30H36N2O4/c1-19-8-12-21(13-9-19)27-22-16-20(11-15-26(33)34)10-14-24(22)32-25(17-29(2,3)4)23(27)18-31-28(35)36-30(5,6)7/h8-16H,17-18H2,1-7H3,(H,31,35)(H,33,34)/b15-11+. The molecule has 190 valence electrons. The number of carbonyl (C=O) groups is 2. The Morgan fingerprint density at radius 3 is 2.28 bits per heavy atom. The largest absolute Gasteiger partial charge is 0.478 e. The van der Waals surface area contributed by atoms with E-state index in [2.05, 4.69) is 50.4 Å². The van der Waals surface area contributed by atoms with Gasteiger partial charge in [0.05, 0.1) is 5.52 Å². The summed E-state index contributed by atoms with van der Waals surface area (Å²) >= 11 is 0. The average Bonchev–Trinajstić information content (AvgIpc) is 2.74. The maximum absolute atomic E-state index is 12.6. The van der Waals surface area contributed by atoms with Crippen LogP contribution >= 0.6 is 0 Å². The summed E-state index contributed by atoms with van der Waals surface area (Å²) in [6.07, 6.45) is 2.92. The third-order valence-corrected chi connectivity index (χ3v) is 5.46. The molecule has 1 amide bonds. The SMILES string of the molecule is Cc1ccc(-c2c(CNC(=O)OC(C)(C)C)c(CC(C)(C)C)nc3ccc(/C=C/C(=O)O)cc23)cc1. The molecule has 0 bridgehead atoms. The number of benzene rings is 2. The molecule has 0 fully saturated rings. The molecular weight excluding hydrogens is 452 g/mol. The number of rotatable bonds is 6. The van der Waals surface area contributed by atoms with Gasteiger partial charge < -0.3 is 15.2 Å². The highest BCUT2D eigenvalue weighted by Crippen LogP contribution is 2.36. The van der Waals surface area contributed by atoms with Crippen LogP contribution in [0.4, 0.5) is 4.79 Å². The molecule has 6 nitrogen and oxygen atoms in total. The second kappa shape index (κ2) is 10.5. The van der Waals surface area contributed by atoms with Gasteiger partial charge in [0.25, 0.3) is 0 Å². The number of aliphatic carboxylic acids is 1. The number of aromatic nitrogens is 1. The maximum atomic E-state index is 12.6. The minimum Gasteiger partial charge on any atom is -0.478 e. The van der Waals surface area contributed by atoms with Crippen LogP contribution in [0.3, 0.4) is 0 Å². The minimum absolute atomic E-state index is 0.0317. The van der Waals surface area contributed by atoms with E-state index in [1.54, 1.807) is 6.08 Å². The predicted molar refractivity (Wildman–Crippen MR) is 145 cm³/mol. The fraction of sp³-hybridized carbons (Fsp3) is 0.367. The molecule has 0 aliphatic carbocycles. The van der Waals surface area contributed by atoms with E-state index in [0.29, 0.717) is 6.42 Å². The van der Waals surface area contributed by atoms with Gasteiger partial charge in [0.1, 0.15) is 5.60 Å². The van der Waals surface area contributed by atoms with Crippen molar-refractivity contribution in [3.8, 4) is 11.1 Å². The Labute approximate surface area is 213 Å². The Kier molecular flexibility index (Phi) is 7.87. The lowest BCUT2D eigenvalue weighted by Crippen LogP contribution is -2.32. The second-order valence-corrected chi connectivity index (χ2v) is 11.3. The van der Waals surface area contributed by atoms with Gasteiger partial charge in [-0.05, 0) is 74.4 Å². The van der Waals surface area contributed by atoms with Crippen LogP contribution in [0, 0.1) is 12.3 Å². The third kappa shape index (κ3) is 7.41. The monoisotopic (exact) mass is 488 g/mol. The summed E-state index contributed by atoms with van der Waals surface area (Å²) in [5.41, 5.74) is 5.89. The van der Waals surface area contributed by atoms with Crippen LogP contribution in [-0.4, -0.2) is 27.8 Å². The number of carboxylic acids is 1. The first-order valence-corrected chi connectivity index (χ1v) is 12.1. The number of pyridine rings is 1. The fourth-order valence-electron chi connectivity index (χ4n) is 4.01. The molecule has 3 aromatic rings. The highest BCUT2D eigenvalue weighted by Gasteiger charge is 2.23. The van der Waals surface area contributed by atoms with E-state index in [4.69, 9.17) is 14.8 Å². The van der Waals surface area contributed by atoms with E-state index in [9.17, 15) is 9.59 Å². The van der Waals surface area contributed by atoms with E-state index >= 15 is 0 Å². The fourth-order valence-corrected chi connectivity index (χ4v) is 4.01. The summed E-state index contributed by atoms with van der Waals surface area (Å²) in [4.78, 5) is 28.7. The molecule has 2 N–H and O–H groups in total. The van der Waals surface area contributed by atoms with Gasteiger partial charge in [0, 0.05) is 29.3 Å². The normalized spacial score (nSPS) is 12.2. The molecule has 0 aliphatic heterocycles. The summed E-state index contributed by atoms with van der Waals surface area (Å²) in [6.45, 7) is 14.3. The molecule has 36 heavy (non-hydrogen) atoms. The summed E-state index contributed by atoms with van der Waals surface area (Å²) < 4.78 is 5.49. The first kappa shape index (κ1) is 26.9. The predicted octanol–water partition coefficient (Wildman–Crippen LogP) is 6.92. The van der Waals surface area contributed by atoms with E-state index in [1.807, 2.05) is 45.9 Å². The third-order valence-electron chi connectivity index (χ3n) is 5.46. The van der Waals surface area contributed by atoms with Crippen molar-refractivity contribution in [2.45, 2.75) is 67.0 Å². The molecule has 1 aromatic heterocycles. The Hall–Kier alpha value is -3.67. The van der Waals surface area contributed by atoms with Gasteiger partial charge in [0.2, 0.25) is 0 Å². The van der Waals surface area contributed by atoms with Crippen molar-refractivity contribution in [3.63, 3.8) is 0 Å². The van der Waals surface area contributed by atoms with Crippen molar-refractivity contribution in [1.82, 2.24) is 10.3 Å². The van der Waals surface area contributed by atoms with Crippen molar-refractivity contribution in [2.24, 2.45) is 5.41 Å². The zero-order chi connectivity index (χ0) is 26.7. The lowest BCUT2D eigenvalue weighted by atomic mass is 9.85. The van der Waals surface area contributed by atoms with E-state index in [-0.39, 0.29) is 12.0 Å². The van der Waals surface area contributed by atoms with Crippen LogP contribution in [0.2, 0.25) is 0 Å². The number of ether oxygens (including phenoxy) is 1. The van der Waals surface area contributed by atoms with Crippen molar-refractivity contribution in [1.29, 1.82) is 0 Å². The van der Waals surface area contributed by atoms with E-state index in [0.717, 1.165) is 50.5 Å². The molecule has 0 saturated carbocycles. The molecule has 3 rings (SSSR count). The van der Waals surface area contributed by atoms with Gasteiger partial charge >= 0.3 is 12.1 Å². The number of nitrogens with one attached hydrogen (secondary N) is 1. The summed E-state index contributed by atoms with van der Waals surface area (Å²) in [5, 5.41) is 12.9. The molecule has 0 saturated heterocycles. The Balaban J connectivity index is 2.26. The quantitative estimate of drug-likeness (QED) is 0.368. The van der Waals surface area contributed by atoms with Gasteiger partial charge in [-0.2, -0.15) is 0 Å². The number of amides is 1. The number of nitrogens with zero attached hydrogens (tertiary/aromatic N) is 1. The first-order chi connectivity index (χ1) is 16.7. The van der Waals surface area contributed by atoms with Crippen molar-refractivity contribution >= 4 is 29.0 Å². The van der Waals surface area contributed by atoms with E-state index < -0.39 is 17.7 Å². The maximum Gasteiger partial charge on any atom is 0.407 e. The Bertz CT molecular complexity index is 1290. The topological polar surface area (TPSA) is 88.5 Å². The molecule has 0 atom stereocenters. The Morgan fingerprint density at radius 2 is 1.69 bits per heavy atom. The minimum atomic E-state index is -1.00. The zero-order valence-electron chi connectivity index (χ0n) is 22.2. The van der Waals surface area contributed by atoms with Crippen LogP contribution in [0.5, 0.6) is 0 Å². The van der Waals surface area contributed by atoms with Crippen LogP contribution in [0.15, 0.2) is 48.5 Å². The highest BCUT2D eigenvalue weighted by atomic mass is 16.6. The number of hydrogen-bond acceptors (Lipinski definition) is 4. The van der Waals surface area contributed by atoms with Gasteiger partial charge in [-0.25, -0.2) is 9.59 Å². The van der Waals surface area contributed by atoms with Crippen LogP contribution in [0.1, 0.15) is 63.9 Å². The molecular formula is C30H36N2O4. The van der Waals surface area contributed by atoms with Gasteiger partial charge in [0.15, 0.2) is 0 Å². The molecule has 6 heteroatoms. The molecule has 0 spiro atoms. The number of fused-ring (bicyclic) bond motifs is 1. The van der Waals surface area contributed by atoms with Crippen molar-refractivity contribution in [2.75, 3.05) is 0 Å². The van der Waals surface area contributed by atoms with Crippen molar-refractivity contribution in [3.05, 3.63) is 70.9 Å². The summed E-state index contributed by atoms with van der Waals surface area (Å²) in [5.74, 6) is -1.00. The van der Waals surface area contributed by atoms with Crippen LogP contribution < -0.4 is 5.32 Å². The van der Waals surface area contributed by atoms with Gasteiger partial charge in [-0.15, -0.1) is 0 Å². The number of carboxylic acid groups (broad SMARTS) is 1. The van der Waals surface area contributed by atoms with Gasteiger partial charge in [-0.1, -0.05) is 56.7 Å². The molecule has 0 radical (unpaired) electrons. The summed E-state index contributed by atoms with van der Waals surface area (Å²) in [6, 6.07) is 14.0. The Morgan fingerprint density at radius 1 is 1.03 bits per heavy atom. The zero-order valence-corrected chi connectivity index (χ0v) is 22.2. The summed E-state index contributed by atoms with van der Waals surface area (Å²) in [7, 11) is 0. The number of hydrogen-bond donors (Lipinski definition) is 2. The lowest BCUT2D eigenvalue weighted by Gasteiger charge is -2.24. The number of carbonyl (C=O) groups excluding carboxylic acids is 1. The lowest BCUT2D eigenvalue weighted by molar-refractivity contribution is -0.131. The highest BCUT2D eigenvalue weighted by molar-refractivity contribution is 5.98. The van der Waals surface area contributed by atoms with Crippen molar-refractivity contribution < 1.29 is 19.4 Å². The molecule has 2 aromatic carbocycles. The van der Waals surface area contributed by atoms with Crippen LogP contribution in [0.25, 0.3) is 28.1 Å². The first-order valence-electron chi connectivity index (χ1n) is 12.1. The van der Waals surface area contributed by atoms with E-state index in [1.165, 1.54) is 0 Å². The second-order valence-electron chi connectivity index (χ2n) is 11.3. The molecule has 0 aliphatic rings. The number of alkyl carbamates (subject to hydrolysis) is 1. The number of aryl methyl sites for hydroxylation is 1. The van der Waals surface area contributed by atoms with Gasteiger partial charge in [-0.3, -0.25) is 4.98 Å². The smallest absolute Gasteiger partial charge is 0.407 e. The molecule has 1 heterocycles. The molecule has 0 unspecified atom stereocenters.